The number of benzene rings is 1. The Morgan fingerprint density at radius 1 is 1.19 bits per heavy atom. The van der Waals surface area contributed by atoms with E-state index in [0.29, 0.717) is 23.6 Å². The summed E-state index contributed by atoms with van der Waals surface area (Å²) >= 11 is 1.49. The first-order valence-electron chi connectivity index (χ1n) is 10.6. The van der Waals surface area contributed by atoms with Crippen molar-refractivity contribution in [2.45, 2.75) is 32.7 Å². The number of hydrogen-bond donors (Lipinski definition) is 1. The van der Waals surface area contributed by atoms with E-state index < -0.39 is 5.69 Å². The summed E-state index contributed by atoms with van der Waals surface area (Å²) in [6.07, 6.45) is 4.96. The first kappa shape index (κ1) is 20.4. The van der Waals surface area contributed by atoms with E-state index >= 15 is 0 Å². The van der Waals surface area contributed by atoms with Gasteiger partial charge < -0.3 is 15.0 Å². The van der Waals surface area contributed by atoms with Crippen LogP contribution in [0.15, 0.2) is 35.4 Å². The van der Waals surface area contributed by atoms with E-state index in [4.69, 9.17) is 4.74 Å². The molecule has 0 aliphatic carbocycles. The van der Waals surface area contributed by atoms with Gasteiger partial charge in [0.25, 0.3) is 0 Å². The number of thiazole rings is 1. The molecule has 3 aromatic heterocycles. The molecule has 1 aromatic carbocycles. The Bertz CT molecular complexity index is 1320. The van der Waals surface area contributed by atoms with Crippen LogP contribution in [0.2, 0.25) is 0 Å². The molecule has 1 N–H and O–H groups in total. The Balaban J connectivity index is 1.38. The molecule has 0 atom stereocenters. The van der Waals surface area contributed by atoms with E-state index in [1.54, 1.807) is 24.3 Å². The standard InChI is InChI=1S/C21H23N7O3S/c1-2-31-15-8-6-14(7-9-15)23-16(29)12-28-21(30)27-13-22-18-17(19(27)25-28)32-20(24-18)26-10-4-3-5-11-26/h6-9,13H,2-5,10-12H2,1H3,(H,23,29). The number of ether oxygens (including phenoxy) is 1. The van der Waals surface area contributed by atoms with E-state index in [1.165, 1.54) is 28.5 Å². The van der Waals surface area contributed by atoms with E-state index in [-0.39, 0.29) is 12.5 Å². The fourth-order valence-corrected chi connectivity index (χ4v) is 4.83. The zero-order valence-electron chi connectivity index (χ0n) is 17.7. The molecule has 1 aliphatic rings. The number of piperidine rings is 1. The maximum Gasteiger partial charge on any atom is 0.352 e. The van der Waals surface area contributed by atoms with Crippen LogP contribution >= 0.6 is 11.3 Å². The van der Waals surface area contributed by atoms with Crippen LogP contribution in [0.3, 0.4) is 0 Å². The molecule has 1 saturated heterocycles. The molecule has 1 amide bonds. The average Bonchev–Trinajstić information content (AvgIpc) is 3.38. The third kappa shape index (κ3) is 3.91. The first-order chi connectivity index (χ1) is 15.6. The van der Waals surface area contributed by atoms with Gasteiger partial charge in [-0.05, 0) is 50.5 Å². The Morgan fingerprint density at radius 2 is 1.97 bits per heavy atom. The Labute approximate surface area is 187 Å². The minimum Gasteiger partial charge on any atom is -0.494 e. The van der Waals surface area contributed by atoms with Gasteiger partial charge in [0.2, 0.25) is 5.91 Å². The molecule has 0 radical (unpaired) electrons. The number of aromatic nitrogens is 5. The summed E-state index contributed by atoms with van der Waals surface area (Å²) in [5.41, 5.74) is 1.24. The minimum absolute atomic E-state index is 0.201. The van der Waals surface area contributed by atoms with E-state index in [9.17, 15) is 9.59 Å². The van der Waals surface area contributed by atoms with Crippen molar-refractivity contribution in [3.8, 4) is 5.75 Å². The maximum atomic E-state index is 12.8. The van der Waals surface area contributed by atoms with Gasteiger partial charge in [-0.1, -0.05) is 11.3 Å². The fraction of sp³-hybridized carbons (Fsp3) is 0.381. The van der Waals surface area contributed by atoms with Crippen LogP contribution in [0, 0.1) is 0 Å². The summed E-state index contributed by atoms with van der Waals surface area (Å²) in [5, 5.41) is 8.10. The summed E-state index contributed by atoms with van der Waals surface area (Å²) in [4.78, 5) is 36.5. The molecule has 0 unspecified atom stereocenters. The summed E-state index contributed by atoms with van der Waals surface area (Å²) in [6, 6.07) is 7.06. The first-order valence-corrected chi connectivity index (χ1v) is 11.5. The predicted octanol–water partition coefficient (Wildman–Crippen LogP) is 2.53. The number of anilines is 2. The lowest BCUT2D eigenvalue weighted by Crippen LogP contribution is -2.29. The second-order valence-electron chi connectivity index (χ2n) is 7.58. The minimum atomic E-state index is -0.413. The SMILES string of the molecule is CCOc1ccc(NC(=O)Cn2nc3c4sc(N5CCCCC5)nc4ncn3c2=O)cc1. The number of rotatable bonds is 6. The smallest absolute Gasteiger partial charge is 0.352 e. The van der Waals surface area contributed by atoms with Crippen LogP contribution in [0.1, 0.15) is 26.2 Å². The van der Waals surface area contributed by atoms with Gasteiger partial charge in [-0.2, -0.15) is 4.98 Å². The third-order valence-electron chi connectivity index (χ3n) is 5.34. The summed E-state index contributed by atoms with van der Waals surface area (Å²) in [6.45, 7) is 4.23. The van der Waals surface area contributed by atoms with Gasteiger partial charge in [0.15, 0.2) is 16.4 Å². The lowest BCUT2D eigenvalue weighted by Gasteiger charge is -2.25. The summed E-state index contributed by atoms with van der Waals surface area (Å²) in [5.74, 6) is 0.384. The van der Waals surface area contributed by atoms with Crippen molar-refractivity contribution in [3.63, 3.8) is 0 Å². The van der Waals surface area contributed by atoms with Gasteiger partial charge in [-0.25, -0.2) is 18.9 Å². The highest BCUT2D eigenvalue weighted by atomic mass is 32.1. The Kier molecular flexibility index (Phi) is 5.48. The molecule has 32 heavy (non-hydrogen) atoms. The lowest BCUT2D eigenvalue weighted by atomic mass is 10.1. The molecule has 4 heterocycles. The molecule has 1 aliphatic heterocycles. The molecular formula is C21H23N7O3S. The fourth-order valence-electron chi connectivity index (χ4n) is 3.79. The van der Waals surface area contributed by atoms with Crippen molar-refractivity contribution in [2.24, 2.45) is 0 Å². The van der Waals surface area contributed by atoms with E-state index in [1.807, 2.05) is 6.92 Å². The van der Waals surface area contributed by atoms with Crippen LogP contribution in [0.5, 0.6) is 5.75 Å². The van der Waals surface area contributed by atoms with Crippen molar-refractivity contribution < 1.29 is 9.53 Å². The number of nitrogens with zero attached hydrogens (tertiary/aromatic N) is 6. The Morgan fingerprint density at radius 3 is 2.72 bits per heavy atom. The molecule has 0 bridgehead atoms. The van der Waals surface area contributed by atoms with Gasteiger partial charge in [-0.15, -0.1) is 5.10 Å². The van der Waals surface area contributed by atoms with E-state index in [2.05, 4.69) is 25.3 Å². The number of nitrogens with one attached hydrogen (secondary N) is 1. The molecule has 11 heteroatoms. The number of carbonyl (C=O) groups excluding carboxylic acids is 1. The van der Waals surface area contributed by atoms with Crippen molar-refractivity contribution in [1.29, 1.82) is 0 Å². The molecule has 1 fully saturated rings. The molecule has 10 nitrogen and oxygen atoms in total. The largest absolute Gasteiger partial charge is 0.494 e. The normalized spacial score (nSPS) is 14.2. The van der Waals surface area contributed by atoms with Crippen molar-refractivity contribution in [1.82, 2.24) is 24.1 Å². The van der Waals surface area contributed by atoms with Crippen molar-refractivity contribution in [2.75, 3.05) is 29.9 Å². The molecular weight excluding hydrogens is 430 g/mol. The number of carbonyl (C=O) groups is 1. The second kappa shape index (κ2) is 8.58. The molecule has 4 aromatic rings. The van der Waals surface area contributed by atoms with Crippen molar-refractivity contribution in [3.05, 3.63) is 41.1 Å². The zero-order valence-corrected chi connectivity index (χ0v) is 18.5. The molecule has 0 spiro atoms. The molecule has 0 saturated carbocycles. The summed E-state index contributed by atoms with van der Waals surface area (Å²) in [7, 11) is 0. The second-order valence-corrected chi connectivity index (χ2v) is 8.56. The highest BCUT2D eigenvalue weighted by Gasteiger charge is 2.20. The van der Waals surface area contributed by atoms with Gasteiger partial charge in [0, 0.05) is 18.8 Å². The van der Waals surface area contributed by atoms with Crippen LogP contribution in [-0.4, -0.2) is 49.8 Å². The Hall–Kier alpha value is -3.47. The quantitative estimate of drug-likeness (QED) is 0.478. The van der Waals surface area contributed by atoms with E-state index in [0.717, 1.165) is 46.2 Å². The number of hydrogen-bond acceptors (Lipinski definition) is 8. The summed E-state index contributed by atoms with van der Waals surface area (Å²) < 4.78 is 8.67. The zero-order chi connectivity index (χ0) is 22.1. The van der Waals surface area contributed by atoms with Gasteiger partial charge in [0.1, 0.15) is 23.3 Å². The maximum absolute atomic E-state index is 12.8. The van der Waals surface area contributed by atoms with Gasteiger partial charge >= 0.3 is 5.69 Å². The van der Waals surface area contributed by atoms with Crippen molar-refractivity contribution >= 4 is 44.1 Å². The lowest BCUT2D eigenvalue weighted by molar-refractivity contribution is -0.117. The monoisotopic (exact) mass is 453 g/mol. The predicted molar refractivity (Wildman–Crippen MR) is 123 cm³/mol. The van der Waals surface area contributed by atoms with Crippen LogP contribution < -0.4 is 20.6 Å². The molecule has 166 valence electrons. The molecule has 5 rings (SSSR count). The average molecular weight is 454 g/mol. The van der Waals surface area contributed by atoms with Crippen LogP contribution in [0.25, 0.3) is 16.0 Å². The topological polar surface area (TPSA) is 107 Å². The highest BCUT2D eigenvalue weighted by molar-refractivity contribution is 7.22. The number of amides is 1. The van der Waals surface area contributed by atoms with Crippen LogP contribution in [0.4, 0.5) is 10.8 Å². The van der Waals surface area contributed by atoms with Crippen LogP contribution in [-0.2, 0) is 11.3 Å². The highest BCUT2D eigenvalue weighted by Crippen LogP contribution is 2.31. The van der Waals surface area contributed by atoms with Gasteiger partial charge in [0.05, 0.1) is 6.61 Å². The number of fused-ring (bicyclic) bond motifs is 3. The third-order valence-corrected chi connectivity index (χ3v) is 6.44. The van der Waals surface area contributed by atoms with Gasteiger partial charge in [-0.3, -0.25) is 4.79 Å².